The largest absolute Gasteiger partial charge is 0.396 e. The van der Waals surface area contributed by atoms with Gasteiger partial charge in [-0.05, 0) is 43.2 Å². The van der Waals surface area contributed by atoms with E-state index in [4.69, 9.17) is 5.11 Å². The van der Waals surface area contributed by atoms with E-state index in [0.29, 0.717) is 12.3 Å². The molecule has 102 valence electrons. The molecule has 1 amide bonds. The van der Waals surface area contributed by atoms with Gasteiger partial charge in [-0.3, -0.25) is 4.79 Å². The first-order valence-electron chi connectivity index (χ1n) is 6.86. The summed E-state index contributed by atoms with van der Waals surface area (Å²) in [5.74, 6) is 0.494. The van der Waals surface area contributed by atoms with E-state index in [1.807, 2.05) is 37.3 Å². The van der Waals surface area contributed by atoms with Crippen molar-refractivity contribution < 1.29 is 9.90 Å². The van der Waals surface area contributed by atoms with Gasteiger partial charge in [-0.25, -0.2) is 0 Å². The maximum absolute atomic E-state index is 12.0. The summed E-state index contributed by atoms with van der Waals surface area (Å²) in [6.07, 6.45) is 4.61. The molecule has 2 N–H and O–H groups in total. The first-order chi connectivity index (χ1) is 9.20. The smallest absolute Gasteiger partial charge is 0.244 e. The number of carbonyl (C=O) groups is 1. The first kappa shape index (κ1) is 13.8. The average Bonchev–Trinajstić information content (AvgIpc) is 3.23. The van der Waals surface area contributed by atoms with Gasteiger partial charge in [-0.1, -0.05) is 30.3 Å². The summed E-state index contributed by atoms with van der Waals surface area (Å²) in [6, 6.07) is 9.99. The van der Waals surface area contributed by atoms with E-state index in [0.717, 1.165) is 24.0 Å². The Morgan fingerprint density at radius 3 is 2.68 bits per heavy atom. The lowest BCUT2D eigenvalue weighted by molar-refractivity contribution is -0.117. The van der Waals surface area contributed by atoms with Gasteiger partial charge in [0.15, 0.2) is 0 Å². The van der Waals surface area contributed by atoms with Crippen molar-refractivity contribution in [2.24, 2.45) is 5.92 Å². The molecule has 0 radical (unpaired) electrons. The second kappa shape index (κ2) is 6.53. The molecule has 1 aliphatic rings. The molecule has 0 aromatic heterocycles. The Morgan fingerprint density at radius 1 is 1.42 bits per heavy atom. The van der Waals surface area contributed by atoms with Crippen LogP contribution < -0.4 is 5.32 Å². The molecule has 2 rings (SSSR count). The SMILES string of the molecule is C/C(=C/C(=O)NC(CCO)C1CC1)c1ccccc1. The van der Waals surface area contributed by atoms with Crippen LogP contribution in [0.25, 0.3) is 5.57 Å². The third-order valence-corrected chi connectivity index (χ3v) is 3.54. The molecule has 1 fully saturated rings. The van der Waals surface area contributed by atoms with Crippen LogP contribution in [-0.2, 0) is 4.79 Å². The fraction of sp³-hybridized carbons (Fsp3) is 0.438. The Bertz CT molecular complexity index is 449. The first-order valence-corrected chi connectivity index (χ1v) is 6.86. The quantitative estimate of drug-likeness (QED) is 0.771. The van der Waals surface area contributed by atoms with Crippen LogP contribution >= 0.6 is 0 Å². The van der Waals surface area contributed by atoms with Crippen LogP contribution in [0.3, 0.4) is 0 Å². The van der Waals surface area contributed by atoms with Crippen molar-refractivity contribution >= 4 is 11.5 Å². The summed E-state index contributed by atoms with van der Waals surface area (Å²) in [6.45, 7) is 2.07. The van der Waals surface area contributed by atoms with E-state index < -0.39 is 0 Å². The number of amides is 1. The molecule has 0 heterocycles. The molecule has 1 saturated carbocycles. The second-order valence-electron chi connectivity index (χ2n) is 5.16. The zero-order valence-corrected chi connectivity index (χ0v) is 11.3. The number of allylic oxidation sites excluding steroid dienone is 1. The summed E-state index contributed by atoms with van der Waals surface area (Å²) in [5.41, 5.74) is 2.01. The van der Waals surface area contributed by atoms with E-state index >= 15 is 0 Å². The van der Waals surface area contributed by atoms with Gasteiger partial charge in [0, 0.05) is 18.7 Å². The Hall–Kier alpha value is -1.61. The van der Waals surface area contributed by atoms with Crippen LogP contribution in [0.5, 0.6) is 0 Å². The van der Waals surface area contributed by atoms with E-state index in [1.165, 1.54) is 0 Å². The van der Waals surface area contributed by atoms with E-state index in [1.54, 1.807) is 6.08 Å². The number of hydrogen-bond donors (Lipinski definition) is 2. The highest BCUT2D eigenvalue weighted by molar-refractivity contribution is 5.95. The third kappa shape index (κ3) is 4.21. The normalized spacial score (nSPS) is 17.1. The molecule has 1 aromatic rings. The summed E-state index contributed by atoms with van der Waals surface area (Å²) < 4.78 is 0. The minimum Gasteiger partial charge on any atom is -0.396 e. The van der Waals surface area contributed by atoms with Gasteiger partial charge >= 0.3 is 0 Å². The zero-order chi connectivity index (χ0) is 13.7. The summed E-state index contributed by atoms with van der Waals surface area (Å²) in [4.78, 5) is 12.0. The number of benzene rings is 1. The molecule has 19 heavy (non-hydrogen) atoms. The van der Waals surface area contributed by atoms with Gasteiger partial charge in [-0.2, -0.15) is 0 Å². The molecule has 1 aromatic carbocycles. The van der Waals surface area contributed by atoms with Crippen molar-refractivity contribution in [1.82, 2.24) is 5.32 Å². The molecular formula is C16H21NO2. The molecule has 0 bridgehead atoms. The molecule has 1 atom stereocenters. The van der Waals surface area contributed by atoms with Crippen molar-refractivity contribution in [1.29, 1.82) is 0 Å². The van der Waals surface area contributed by atoms with Crippen molar-refractivity contribution in [3.8, 4) is 0 Å². The van der Waals surface area contributed by atoms with Crippen LogP contribution in [-0.4, -0.2) is 23.7 Å². The zero-order valence-electron chi connectivity index (χ0n) is 11.3. The molecule has 0 aliphatic heterocycles. The van der Waals surface area contributed by atoms with Gasteiger partial charge in [0.1, 0.15) is 0 Å². The van der Waals surface area contributed by atoms with Crippen molar-refractivity contribution in [3.05, 3.63) is 42.0 Å². The fourth-order valence-corrected chi connectivity index (χ4v) is 2.27. The van der Waals surface area contributed by atoms with Gasteiger partial charge in [0.25, 0.3) is 0 Å². The standard InChI is InChI=1S/C16H21NO2/c1-12(13-5-3-2-4-6-13)11-16(19)17-15(9-10-18)14-7-8-14/h2-6,11,14-15,18H,7-10H2,1H3,(H,17,19)/b12-11-. The molecule has 1 unspecified atom stereocenters. The van der Waals surface area contributed by atoms with Crippen LogP contribution in [0, 0.1) is 5.92 Å². The van der Waals surface area contributed by atoms with Crippen LogP contribution in [0.4, 0.5) is 0 Å². The summed E-state index contributed by atoms with van der Waals surface area (Å²) in [5, 5.41) is 12.0. The molecule has 3 nitrogen and oxygen atoms in total. The Kier molecular flexibility index (Phi) is 4.74. The Labute approximate surface area is 114 Å². The number of hydrogen-bond acceptors (Lipinski definition) is 2. The van der Waals surface area contributed by atoms with E-state index in [-0.39, 0.29) is 18.6 Å². The molecule has 0 saturated heterocycles. The monoisotopic (exact) mass is 259 g/mol. The number of aliphatic hydroxyl groups excluding tert-OH is 1. The molecule has 3 heteroatoms. The minimum absolute atomic E-state index is 0.0632. The number of carbonyl (C=O) groups excluding carboxylic acids is 1. The van der Waals surface area contributed by atoms with Crippen LogP contribution in [0.15, 0.2) is 36.4 Å². The predicted octanol–water partition coefficient (Wildman–Crippen LogP) is 2.37. The van der Waals surface area contributed by atoms with Gasteiger partial charge in [-0.15, -0.1) is 0 Å². The topological polar surface area (TPSA) is 49.3 Å². The highest BCUT2D eigenvalue weighted by atomic mass is 16.3. The summed E-state index contributed by atoms with van der Waals surface area (Å²) >= 11 is 0. The predicted molar refractivity (Wildman–Crippen MR) is 76.5 cm³/mol. The number of rotatable bonds is 6. The van der Waals surface area contributed by atoms with E-state index in [2.05, 4.69) is 5.32 Å². The lowest BCUT2D eigenvalue weighted by Crippen LogP contribution is -2.36. The van der Waals surface area contributed by atoms with Gasteiger partial charge in [0.2, 0.25) is 5.91 Å². The second-order valence-corrected chi connectivity index (χ2v) is 5.16. The Morgan fingerprint density at radius 2 is 2.11 bits per heavy atom. The number of nitrogens with one attached hydrogen (secondary N) is 1. The lowest BCUT2D eigenvalue weighted by atomic mass is 10.1. The maximum atomic E-state index is 12.0. The van der Waals surface area contributed by atoms with Gasteiger partial charge in [0.05, 0.1) is 0 Å². The number of aliphatic hydroxyl groups is 1. The minimum atomic E-state index is -0.0632. The van der Waals surface area contributed by atoms with Crippen molar-refractivity contribution in [2.75, 3.05) is 6.61 Å². The lowest BCUT2D eigenvalue weighted by Gasteiger charge is -2.16. The maximum Gasteiger partial charge on any atom is 0.244 e. The molecular weight excluding hydrogens is 238 g/mol. The highest BCUT2D eigenvalue weighted by Gasteiger charge is 2.31. The van der Waals surface area contributed by atoms with Crippen LogP contribution in [0.2, 0.25) is 0 Å². The van der Waals surface area contributed by atoms with E-state index in [9.17, 15) is 4.79 Å². The van der Waals surface area contributed by atoms with Crippen molar-refractivity contribution in [3.63, 3.8) is 0 Å². The average molecular weight is 259 g/mol. The van der Waals surface area contributed by atoms with Gasteiger partial charge < -0.3 is 10.4 Å². The highest BCUT2D eigenvalue weighted by Crippen LogP contribution is 2.33. The molecule has 0 spiro atoms. The van der Waals surface area contributed by atoms with Crippen LogP contribution in [0.1, 0.15) is 31.7 Å². The molecule has 1 aliphatic carbocycles. The summed E-state index contributed by atoms with van der Waals surface area (Å²) in [7, 11) is 0. The van der Waals surface area contributed by atoms with Crippen molar-refractivity contribution in [2.45, 2.75) is 32.2 Å². The fourth-order valence-electron chi connectivity index (χ4n) is 2.27. The Balaban J connectivity index is 1.95. The third-order valence-electron chi connectivity index (χ3n) is 3.54.